The molecule has 0 spiro atoms. The van der Waals surface area contributed by atoms with Crippen molar-refractivity contribution in [2.75, 3.05) is 11.9 Å². The average Bonchev–Trinajstić information content (AvgIpc) is 3.08. The zero-order chi connectivity index (χ0) is 20.1. The zero-order valence-corrected chi connectivity index (χ0v) is 17.9. The minimum atomic E-state index is -0.0904. The van der Waals surface area contributed by atoms with Crippen molar-refractivity contribution >= 4 is 45.6 Å². The highest BCUT2D eigenvalue weighted by Gasteiger charge is 2.11. The van der Waals surface area contributed by atoms with Crippen molar-refractivity contribution in [3.8, 4) is 17.0 Å². The van der Waals surface area contributed by atoms with Crippen LogP contribution >= 0.6 is 34.5 Å². The second kappa shape index (κ2) is 9.41. The fourth-order valence-electron chi connectivity index (χ4n) is 2.71. The van der Waals surface area contributed by atoms with E-state index in [2.05, 4.69) is 16.4 Å². The Balaban J connectivity index is 1.48. The number of carbonyl (C=O) groups is 1. The molecule has 4 nitrogen and oxygen atoms in total. The minimum Gasteiger partial charge on any atom is -0.493 e. The fraction of sp³-hybridized carbons (Fsp3) is 0.238. The minimum absolute atomic E-state index is 0.0904. The van der Waals surface area contributed by atoms with Gasteiger partial charge in [-0.2, -0.15) is 0 Å². The van der Waals surface area contributed by atoms with Gasteiger partial charge in [0.25, 0.3) is 0 Å². The Morgan fingerprint density at radius 3 is 2.75 bits per heavy atom. The number of rotatable bonds is 7. The molecule has 0 unspecified atom stereocenters. The molecule has 3 rings (SSSR count). The van der Waals surface area contributed by atoms with Crippen LogP contribution in [0.1, 0.15) is 24.0 Å². The van der Waals surface area contributed by atoms with E-state index < -0.39 is 0 Å². The van der Waals surface area contributed by atoms with E-state index in [1.54, 1.807) is 12.1 Å². The molecule has 0 aliphatic heterocycles. The number of benzene rings is 2. The monoisotopic (exact) mass is 434 g/mol. The molecule has 1 aromatic heterocycles. The van der Waals surface area contributed by atoms with Crippen LogP contribution in [0.5, 0.6) is 5.75 Å². The van der Waals surface area contributed by atoms with E-state index in [0.29, 0.717) is 40.3 Å². The first kappa shape index (κ1) is 20.6. The van der Waals surface area contributed by atoms with Crippen LogP contribution in [-0.4, -0.2) is 17.5 Å². The van der Waals surface area contributed by atoms with Crippen molar-refractivity contribution in [1.29, 1.82) is 0 Å². The van der Waals surface area contributed by atoms with E-state index in [-0.39, 0.29) is 5.91 Å². The number of halogens is 2. The SMILES string of the molecule is Cc1ccc(OCCCC(=O)Nc2nc(-c3ccc(Cl)cc3Cl)cs2)c(C)c1. The molecule has 0 radical (unpaired) electrons. The van der Waals surface area contributed by atoms with Crippen LogP contribution in [-0.2, 0) is 4.79 Å². The number of hydrogen-bond donors (Lipinski definition) is 1. The second-order valence-corrected chi connectivity index (χ2v) is 8.13. The topological polar surface area (TPSA) is 51.2 Å². The van der Waals surface area contributed by atoms with Gasteiger partial charge in [0, 0.05) is 22.4 Å². The van der Waals surface area contributed by atoms with Gasteiger partial charge in [-0.25, -0.2) is 4.98 Å². The number of nitrogens with zero attached hydrogens (tertiary/aromatic N) is 1. The van der Waals surface area contributed by atoms with Crippen LogP contribution in [0.2, 0.25) is 10.0 Å². The maximum atomic E-state index is 12.1. The summed E-state index contributed by atoms with van der Waals surface area (Å²) in [6, 6.07) is 11.3. The molecule has 2 aromatic carbocycles. The summed E-state index contributed by atoms with van der Waals surface area (Å²) in [5.74, 6) is 0.766. The van der Waals surface area contributed by atoms with E-state index in [0.717, 1.165) is 16.9 Å². The van der Waals surface area contributed by atoms with Gasteiger partial charge in [-0.15, -0.1) is 11.3 Å². The molecule has 3 aromatic rings. The molecule has 1 amide bonds. The van der Waals surface area contributed by atoms with Crippen molar-refractivity contribution < 1.29 is 9.53 Å². The molecule has 0 aliphatic carbocycles. The summed E-state index contributed by atoms with van der Waals surface area (Å²) < 4.78 is 5.76. The summed E-state index contributed by atoms with van der Waals surface area (Å²) >= 11 is 13.5. The first-order chi connectivity index (χ1) is 13.4. The van der Waals surface area contributed by atoms with Crippen LogP contribution in [0.15, 0.2) is 41.8 Å². The Bertz CT molecular complexity index is 988. The molecule has 1 N–H and O–H groups in total. The molecule has 1 heterocycles. The number of ether oxygens (including phenoxy) is 1. The number of hydrogen-bond acceptors (Lipinski definition) is 4. The number of nitrogens with one attached hydrogen (secondary N) is 1. The lowest BCUT2D eigenvalue weighted by Gasteiger charge is -2.09. The van der Waals surface area contributed by atoms with Crippen molar-refractivity contribution in [3.63, 3.8) is 0 Å². The third-order valence-electron chi connectivity index (χ3n) is 4.09. The third-order valence-corrected chi connectivity index (χ3v) is 5.40. The standard InChI is InChI=1S/C21H20Cl2N2O2S/c1-13-5-8-19(14(2)10-13)27-9-3-4-20(26)25-21-24-18(12-28-21)16-7-6-15(22)11-17(16)23/h5-8,10-12H,3-4,9H2,1-2H3,(H,24,25,26). The van der Waals surface area contributed by atoms with Crippen molar-refractivity contribution in [2.45, 2.75) is 26.7 Å². The van der Waals surface area contributed by atoms with Crippen LogP contribution < -0.4 is 10.1 Å². The van der Waals surface area contributed by atoms with Gasteiger partial charge < -0.3 is 10.1 Å². The van der Waals surface area contributed by atoms with Crippen LogP contribution in [0.25, 0.3) is 11.3 Å². The second-order valence-electron chi connectivity index (χ2n) is 6.43. The lowest BCUT2D eigenvalue weighted by molar-refractivity contribution is -0.116. The number of amides is 1. The summed E-state index contributed by atoms with van der Waals surface area (Å²) in [4.78, 5) is 16.6. The van der Waals surface area contributed by atoms with Crippen LogP contribution in [0.3, 0.4) is 0 Å². The molecule has 0 saturated carbocycles. The molecule has 28 heavy (non-hydrogen) atoms. The lowest BCUT2D eigenvalue weighted by Crippen LogP contribution is -2.12. The van der Waals surface area contributed by atoms with Gasteiger partial charge in [-0.05, 0) is 50.1 Å². The van der Waals surface area contributed by atoms with E-state index >= 15 is 0 Å². The van der Waals surface area contributed by atoms with E-state index in [1.165, 1.54) is 16.9 Å². The van der Waals surface area contributed by atoms with Gasteiger partial charge in [0.2, 0.25) is 5.91 Å². The summed E-state index contributed by atoms with van der Waals surface area (Å²) in [5.41, 5.74) is 3.79. The largest absolute Gasteiger partial charge is 0.493 e. The average molecular weight is 435 g/mol. The number of anilines is 1. The Morgan fingerprint density at radius 2 is 2.00 bits per heavy atom. The van der Waals surface area contributed by atoms with Gasteiger partial charge in [-0.1, -0.05) is 40.9 Å². The summed E-state index contributed by atoms with van der Waals surface area (Å²) in [6.45, 7) is 4.55. The van der Waals surface area contributed by atoms with E-state index in [9.17, 15) is 4.79 Å². The summed E-state index contributed by atoms with van der Waals surface area (Å²) in [7, 11) is 0. The zero-order valence-electron chi connectivity index (χ0n) is 15.6. The Kier molecular flexibility index (Phi) is 6.94. The third kappa shape index (κ3) is 5.47. The number of aryl methyl sites for hydroxylation is 2. The highest BCUT2D eigenvalue weighted by molar-refractivity contribution is 7.14. The van der Waals surface area contributed by atoms with Gasteiger partial charge >= 0.3 is 0 Å². The molecule has 7 heteroatoms. The first-order valence-corrected chi connectivity index (χ1v) is 10.5. The molecule has 146 valence electrons. The maximum absolute atomic E-state index is 12.1. The number of thiazole rings is 1. The van der Waals surface area contributed by atoms with Gasteiger partial charge in [0.1, 0.15) is 5.75 Å². The normalized spacial score (nSPS) is 10.7. The van der Waals surface area contributed by atoms with Crippen LogP contribution in [0, 0.1) is 13.8 Å². The Labute approximate surface area is 178 Å². The van der Waals surface area contributed by atoms with Crippen molar-refractivity contribution in [1.82, 2.24) is 4.98 Å². The predicted molar refractivity (Wildman–Crippen MR) is 117 cm³/mol. The van der Waals surface area contributed by atoms with Gasteiger partial charge in [0.15, 0.2) is 5.13 Å². The van der Waals surface area contributed by atoms with Gasteiger partial charge in [-0.3, -0.25) is 4.79 Å². The quantitative estimate of drug-likeness (QED) is 0.429. The Morgan fingerprint density at radius 1 is 1.18 bits per heavy atom. The van der Waals surface area contributed by atoms with E-state index in [1.807, 2.05) is 37.4 Å². The van der Waals surface area contributed by atoms with E-state index in [4.69, 9.17) is 27.9 Å². The van der Waals surface area contributed by atoms with Crippen molar-refractivity contribution in [3.05, 3.63) is 63.0 Å². The van der Waals surface area contributed by atoms with Gasteiger partial charge in [0.05, 0.1) is 17.3 Å². The van der Waals surface area contributed by atoms with Crippen LogP contribution in [0.4, 0.5) is 5.13 Å². The molecule has 0 fully saturated rings. The molecular formula is C21H20Cl2N2O2S. The molecule has 0 bridgehead atoms. The Hall–Kier alpha value is -2.08. The lowest BCUT2D eigenvalue weighted by atomic mass is 10.1. The number of carbonyl (C=O) groups excluding carboxylic acids is 1. The maximum Gasteiger partial charge on any atom is 0.226 e. The molecule has 0 saturated heterocycles. The highest BCUT2D eigenvalue weighted by atomic mass is 35.5. The summed E-state index contributed by atoms with van der Waals surface area (Å²) in [5, 5.41) is 6.32. The molecule has 0 aliphatic rings. The molecular weight excluding hydrogens is 415 g/mol. The van der Waals surface area contributed by atoms with Crippen molar-refractivity contribution in [2.24, 2.45) is 0 Å². The fourth-order valence-corrected chi connectivity index (χ4v) is 3.94. The first-order valence-electron chi connectivity index (χ1n) is 8.83. The predicted octanol–water partition coefficient (Wildman–Crippen LogP) is 6.53. The highest BCUT2D eigenvalue weighted by Crippen LogP contribution is 2.32. The number of aromatic nitrogens is 1. The molecule has 0 atom stereocenters. The smallest absolute Gasteiger partial charge is 0.226 e. The summed E-state index contributed by atoms with van der Waals surface area (Å²) in [6.07, 6.45) is 0.988.